The van der Waals surface area contributed by atoms with Gasteiger partial charge in [-0.15, -0.1) is 0 Å². The minimum atomic E-state index is -0.0522. The summed E-state index contributed by atoms with van der Waals surface area (Å²) in [4.78, 5) is 16.2. The Kier molecular flexibility index (Phi) is 3.17. The Labute approximate surface area is 119 Å². The number of hydrogen-bond donors (Lipinski definition) is 1. The fourth-order valence-electron chi connectivity index (χ4n) is 3.46. The van der Waals surface area contributed by atoms with Crippen LogP contribution in [0.4, 0.5) is 0 Å². The molecule has 2 aromatic rings. The number of carbonyl (C=O) groups is 1. The number of aromatic amines is 1. The van der Waals surface area contributed by atoms with Gasteiger partial charge in [0.05, 0.1) is 18.1 Å². The second-order valence-corrected chi connectivity index (χ2v) is 6.00. The van der Waals surface area contributed by atoms with E-state index in [0.29, 0.717) is 0 Å². The Bertz CT molecular complexity index is 658. The number of aryl methyl sites for hydroxylation is 1. The third kappa shape index (κ3) is 1.88. The molecule has 1 saturated heterocycles. The monoisotopic (exact) mass is 271 g/mol. The van der Waals surface area contributed by atoms with E-state index in [1.54, 1.807) is 0 Å². The van der Waals surface area contributed by atoms with E-state index in [4.69, 9.17) is 4.74 Å². The van der Waals surface area contributed by atoms with E-state index in [2.05, 4.69) is 18.8 Å². The molecule has 1 aromatic carbocycles. The smallest absolute Gasteiger partial charge is 0.171 e. The molecule has 1 aromatic heterocycles. The first-order chi connectivity index (χ1) is 9.50. The van der Waals surface area contributed by atoms with Gasteiger partial charge in [-0.25, -0.2) is 0 Å². The number of nitrogens with one attached hydrogen (secondary N) is 1. The molecule has 1 N–H and O–H groups in total. The molecule has 4 atom stereocenters. The second-order valence-electron chi connectivity index (χ2n) is 6.00. The molecule has 0 saturated carbocycles. The van der Waals surface area contributed by atoms with Gasteiger partial charge in [0.2, 0.25) is 0 Å². The summed E-state index contributed by atoms with van der Waals surface area (Å²) in [7, 11) is 0. The van der Waals surface area contributed by atoms with Crippen LogP contribution in [0.25, 0.3) is 10.9 Å². The lowest BCUT2D eigenvalue weighted by Gasteiger charge is -2.16. The van der Waals surface area contributed by atoms with Crippen LogP contribution >= 0.6 is 0 Å². The van der Waals surface area contributed by atoms with Crippen LogP contribution in [0.2, 0.25) is 0 Å². The molecule has 1 aliphatic rings. The first-order valence-electron chi connectivity index (χ1n) is 7.27. The Balaban J connectivity index is 2.05. The van der Waals surface area contributed by atoms with Crippen LogP contribution in [0.15, 0.2) is 24.4 Å². The van der Waals surface area contributed by atoms with Gasteiger partial charge in [-0.3, -0.25) is 4.79 Å². The summed E-state index contributed by atoms with van der Waals surface area (Å²) in [6.07, 6.45) is 1.98. The lowest BCUT2D eigenvalue weighted by atomic mass is 9.83. The highest BCUT2D eigenvalue weighted by Gasteiger charge is 2.42. The molecule has 0 amide bonds. The lowest BCUT2D eigenvalue weighted by Crippen LogP contribution is -2.26. The number of carbonyl (C=O) groups excluding carboxylic acids is 1. The molecular formula is C17H21NO2. The summed E-state index contributed by atoms with van der Waals surface area (Å²) in [5, 5.41) is 1.05. The van der Waals surface area contributed by atoms with Crippen molar-refractivity contribution in [1.29, 1.82) is 0 Å². The summed E-state index contributed by atoms with van der Waals surface area (Å²) in [6.45, 7) is 8.21. The van der Waals surface area contributed by atoms with Gasteiger partial charge in [-0.05, 0) is 38.3 Å². The zero-order valence-corrected chi connectivity index (χ0v) is 12.4. The average molecular weight is 271 g/mol. The second kappa shape index (κ2) is 4.74. The van der Waals surface area contributed by atoms with Crippen molar-refractivity contribution in [3.8, 4) is 0 Å². The number of hydrogen-bond acceptors (Lipinski definition) is 2. The Morgan fingerprint density at radius 2 is 1.95 bits per heavy atom. The van der Waals surface area contributed by atoms with E-state index >= 15 is 0 Å². The number of ketones is 1. The number of ether oxygens (including phenoxy) is 1. The number of rotatable bonds is 2. The van der Waals surface area contributed by atoms with Gasteiger partial charge in [0.1, 0.15) is 0 Å². The number of Topliss-reactive ketones (excluding diaryl/α,β-unsaturated/α-hetero) is 1. The first-order valence-corrected chi connectivity index (χ1v) is 7.27. The molecule has 106 valence electrons. The largest absolute Gasteiger partial charge is 0.374 e. The van der Waals surface area contributed by atoms with Crippen LogP contribution in [0, 0.1) is 18.8 Å². The number of H-pyrrole nitrogens is 1. The van der Waals surface area contributed by atoms with Crippen LogP contribution in [0.3, 0.4) is 0 Å². The van der Waals surface area contributed by atoms with Crippen LogP contribution in [0.1, 0.15) is 36.7 Å². The van der Waals surface area contributed by atoms with Crippen molar-refractivity contribution in [1.82, 2.24) is 4.98 Å². The third-order valence-corrected chi connectivity index (χ3v) is 4.72. The third-order valence-electron chi connectivity index (χ3n) is 4.72. The number of benzene rings is 1. The average Bonchev–Trinajstić information content (AvgIpc) is 2.93. The molecule has 4 unspecified atom stereocenters. The predicted molar refractivity (Wildman–Crippen MR) is 80.0 cm³/mol. The van der Waals surface area contributed by atoms with E-state index in [9.17, 15) is 4.79 Å². The molecule has 20 heavy (non-hydrogen) atoms. The number of fused-ring (bicyclic) bond motifs is 1. The maximum Gasteiger partial charge on any atom is 0.171 e. The molecule has 3 nitrogen and oxygen atoms in total. The van der Waals surface area contributed by atoms with E-state index < -0.39 is 0 Å². The van der Waals surface area contributed by atoms with Gasteiger partial charge in [-0.2, -0.15) is 0 Å². The fraction of sp³-hybridized carbons (Fsp3) is 0.471. The molecule has 3 rings (SSSR count). The molecule has 0 aliphatic carbocycles. The van der Waals surface area contributed by atoms with Crippen LogP contribution in [-0.2, 0) is 4.74 Å². The van der Waals surface area contributed by atoms with Crippen molar-refractivity contribution >= 4 is 16.7 Å². The molecule has 1 fully saturated rings. The standard InChI is InChI=1S/C17H21NO2/c1-9-6-5-7-14-15(9)13(8-18-14)17(19)16-10(2)11(3)20-12(16)4/h5-8,10-12,16,18H,1-4H3. The van der Waals surface area contributed by atoms with E-state index in [0.717, 1.165) is 22.0 Å². The van der Waals surface area contributed by atoms with Gasteiger partial charge >= 0.3 is 0 Å². The first kappa shape index (κ1) is 13.4. The summed E-state index contributed by atoms with van der Waals surface area (Å²) in [5.74, 6) is 0.407. The van der Waals surface area contributed by atoms with Gasteiger partial charge in [0.15, 0.2) is 5.78 Å². The Morgan fingerprint density at radius 3 is 2.60 bits per heavy atom. The molecule has 2 heterocycles. The topological polar surface area (TPSA) is 42.1 Å². The van der Waals surface area contributed by atoms with Crippen molar-refractivity contribution in [2.24, 2.45) is 11.8 Å². The normalized spacial score (nSPS) is 30.0. The zero-order valence-electron chi connectivity index (χ0n) is 12.4. The quantitative estimate of drug-likeness (QED) is 0.846. The van der Waals surface area contributed by atoms with Gasteiger partial charge < -0.3 is 9.72 Å². The van der Waals surface area contributed by atoms with Gasteiger partial charge in [0.25, 0.3) is 0 Å². The highest BCUT2D eigenvalue weighted by molar-refractivity contribution is 6.10. The summed E-state index contributed by atoms with van der Waals surface area (Å²) in [5.41, 5.74) is 2.97. The molecular weight excluding hydrogens is 250 g/mol. The number of aromatic nitrogens is 1. The highest BCUT2D eigenvalue weighted by atomic mass is 16.5. The maximum absolute atomic E-state index is 12.9. The van der Waals surface area contributed by atoms with Crippen molar-refractivity contribution in [3.63, 3.8) is 0 Å². The summed E-state index contributed by atoms with van der Waals surface area (Å²) in [6, 6.07) is 6.07. The van der Waals surface area contributed by atoms with Gasteiger partial charge in [-0.1, -0.05) is 19.1 Å². The van der Waals surface area contributed by atoms with Crippen molar-refractivity contribution in [3.05, 3.63) is 35.5 Å². The zero-order chi connectivity index (χ0) is 14.4. The fourth-order valence-corrected chi connectivity index (χ4v) is 3.46. The van der Waals surface area contributed by atoms with Crippen LogP contribution in [0.5, 0.6) is 0 Å². The molecule has 0 spiro atoms. The molecule has 1 aliphatic heterocycles. The van der Waals surface area contributed by atoms with Crippen LogP contribution < -0.4 is 0 Å². The predicted octanol–water partition coefficient (Wildman–Crippen LogP) is 3.72. The minimum Gasteiger partial charge on any atom is -0.374 e. The summed E-state index contributed by atoms with van der Waals surface area (Å²) >= 11 is 0. The summed E-state index contributed by atoms with van der Waals surface area (Å²) < 4.78 is 5.82. The minimum absolute atomic E-state index is 0.0125. The van der Waals surface area contributed by atoms with Crippen molar-refractivity contribution in [2.75, 3.05) is 0 Å². The van der Waals surface area contributed by atoms with Crippen molar-refractivity contribution < 1.29 is 9.53 Å². The molecule has 0 radical (unpaired) electrons. The maximum atomic E-state index is 12.9. The van der Waals surface area contributed by atoms with Crippen molar-refractivity contribution in [2.45, 2.75) is 39.9 Å². The van der Waals surface area contributed by atoms with E-state index in [-0.39, 0.29) is 29.8 Å². The lowest BCUT2D eigenvalue weighted by molar-refractivity contribution is 0.0491. The Hall–Kier alpha value is -1.61. The molecule has 0 bridgehead atoms. The highest BCUT2D eigenvalue weighted by Crippen LogP contribution is 2.36. The van der Waals surface area contributed by atoms with Gasteiger partial charge in [0, 0.05) is 22.7 Å². The molecule has 3 heteroatoms. The van der Waals surface area contributed by atoms with E-state index in [1.165, 1.54) is 0 Å². The van der Waals surface area contributed by atoms with Crippen LogP contribution in [-0.4, -0.2) is 23.0 Å². The van der Waals surface area contributed by atoms with E-state index in [1.807, 2.05) is 38.2 Å². The SMILES string of the molecule is Cc1cccc2[nH]cc(C(=O)C3C(C)OC(C)C3C)c12. The Morgan fingerprint density at radius 1 is 1.20 bits per heavy atom.